The lowest BCUT2D eigenvalue weighted by molar-refractivity contribution is -0.142. The van der Waals surface area contributed by atoms with E-state index >= 15 is 0 Å². The largest absolute Gasteiger partial charge is 0.478 e. The zero-order valence-corrected chi connectivity index (χ0v) is 13.8. The first-order valence-corrected chi connectivity index (χ1v) is 7.70. The lowest BCUT2D eigenvalue weighted by atomic mass is 10.1. The fourth-order valence-electron chi connectivity index (χ4n) is 2.28. The molecule has 0 bridgehead atoms. The molecular formula is C19H21NO4. The van der Waals surface area contributed by atoms with Crippen LogP contribution in [0, 0.1) is 0 Å². The van der Waals surface area contributed by atoms with Crippen molar-refractivity contribution in [2.24, 2.45) is 0 Å². The summed E-state index contributed by atoms with van der Waals surface area (Å²) in [6.07, 6.45) is -0.548. The van der Waals surface area contributed by atoms with E-state index in [1.165, 1.54) is 12.1 Å². The molecule has 0 heterocycles. The van der Waals surface area contributed by atoms with E-state index in [2.05, 4.69) is 0 Å². The first-order valence-electron chi connectivity index (χ1n) is 7.70. The Hall–Kier alpha value is -2.66. The molecule has 0 aliphatic heterocycles. The summed E-state index contributed by atoms with van der Waals surface area (Å²) in [4.78, 5) is 24.8. The SMILES string of the molecule is CC(OCc1ccccc1)C(=O)N(C)Cc1ccc(C(=O)O)cc1. The molecule has 0 spiro atoms. The molecule has 0 saturated heterocycles. The molecule has 0 aliphatic carbocycles. The van der Waals surface area contributed by atoms with Crippen LogP contribution in [0.25, 0.3) is 0 Å². The molecule has 0 aliphatic rings. The monoisotopic (exact) mass is 327 g/mol. The predicted octanol–water partition coefficient (Wildman–Crippen LogP) is 2.95. The molecule has 126 valence electrons. The topological polar surface area (TPSA) is 66.8 Å². The maximum Gasteiger partial charge on any atom is 0.335 e. The minimum atomic E-state index is -0.964. The van der Waals surface area contributed by atoms with Crippen molar-refractivity contribution in [3.8, 4) is 0 Å². The standard InChI is InChI=1S/C19H21NO4/c1-14(24-13-16-6-4-3-5-7-16)18(21)20(2)12-15-8-10-17(11-9-15)19(22)23/h3-11,14H,12-13H2,1-2H3,(H,22,23). The number of nitrogens with zero attached hydrogens (tertiary/aromatic N) is 1. The molecule has 24 heavy (non-hydrogen) atoms. The van der Waals surface area contributed by atoms with Crippen LogP contribution in [0.3, 0.4) is 0 Å². The molecule has 0 radical (unpaired) electrons. The van der Waals surface area contributed by atoms with Crippen molar-refractivity contribution in [3.63, 3.8) is 0 Å². The minimum absolute atomic E-state index is 0.117. The smallest absolute Gasteiger partial charge is 0.335 e. The fourth-order valence-corrected chi connectivity index (χ4v) is 2.28. The van der Waals surface area contributed by atoms with E-state index in [9.17, 15) is 9.59 Å². The lowest BCUT2D eigenvalue weighted by Gasteiger charge is -2.22. The van der Waals surface area contributed by atoms with Crippen molar-refractivity contribution >= 4 is 11.9 Å². The van der Waals surface area contributed by atoms with Crippen LogP contribution in [0.15, 0.2) is 54.6 Å². The Morgan fingerprint density at radius 3 is 2.25 bits per heavy atom. The summed E-state index contributed by atoms with van der Waals surface area (Å²) in [5.74, 6) is -1.08. The quantitative estimate of drug-likeness (QED) is 0.849. The number of carboxylic acid groups (broad SMARTS) is 1. The van der Waals surface area contributed by atoms with Crippen LogP contribution >= 0.6 is 0 Å². The van der Waals surface area contributed by atoms with Gasteiger partial charge in [-0.25, -0.2) is 4.79 Å². The number of rotatable bonds is 7. The molecule has 5 heteroatoms. The first kappa shape index (κ1) is 17.7. The third-order valence-corrected chi connectivity index (χ3v) is 3.69. The number of carboxylic acids is 1. The van der Waals surface area contributed by atoms with Crippen molar-refractivity contribution in [2.45, 2.75) is 26.2 Å². The summed E-state index contributed by atoms with van der Waals surface area (Å²) in [7, 11) is 1.70. The second-order valence-corrected chi connectivity index (χ2v) is 5.64. The number of carbonyl (C=O) groups is 2. The molecule has 0 aromatic heterocycles. The van der Waals surface area contributed by atoms with Gasteiger partial charge in [0.15, 0.2) is 0 Å². The Morgan fingerprint density at radius 1 is 1.04 bits per heavy atom. The summed E-state index contributed by atoms with van der Waals surface area (Å²) >= 11 is 0. The minimum Gasteiger partial charge on any atom is -0.478 e. The van der Waals surface area contributed by atoms with Crippen LogP contribution in [0.4, 0.5) is 0 Å². The molecule has 0 saturated carbocycles. The zero-order valence-electron chi connectivity index (χ0n) is 13.8. The highest BCUT2D eigenvalue weighted by Crippen LogP contribution is 2.10. The van der Waals surface area contributed by atoms with E-state index < -0.39 is 12.1 Å². The number of likely N-dealkylation sites (N-methyl/N-ethyl adjacent to an activating group) is 1. The Balaban J connectivity index is 1.87. The van der Waals surface area contributed by atoms with Crippen molar-refractivity contribution in [2.75, 3.05) is 7.05 Å². The van der Waals surface area contributed by atoms with Crippen molar-refractivity contribution in [3.05, 3.63) is 71.3 Å². The van der Waals surface area contributed by atoms with E-state index in [1.54, 1.807) is 31.0 Å². The molecule has 2 aromatic carbocycles. The number of hydrogen-bond acceptors (Lipinski definition) is 3. The van der Waals surface area contributed by atoms with Gasteiger partial charge >= 0.3 is 5.97 Å². The second-order valence-electron chi connectivity index (χ2n) is 5.64. The van der Waals surface area contributed by atoms with Crippen LogP contribution in [0.1, 0.15) is 28.4 Å². The van der Waals surface area contributed by atoms with E-state index in [0.717, 1.165) is 11.1 Å². The molecule has 2 rings (SSSR count). The molecule has 1 N–H and O–H groups in total. The van der Waals surface area contributed by atoms with Gasteiger partial charge in [0.1, 0.15) is 6.10 Å². The number of aromatic carboxylic acids is 1. The molecule has 1 amide bonds. The zero-order chi connectivity index (χ0) is 17.5. The van der Waals surface area contributed by atoms with Gasteiger partial charge in [-0.15, -0.1) is 0 Å². The fraction of sp³-hybridized carbons (Fsp3) is 0.263. The first-order chi connectivity index (χ1) is 11.5. The van der Waals surface area contributed by atoms with Gasteiger partial charge in [-0.3, -0.25) is 4.79 Å². The summed E-state index contributed by atoms with van der Waals surface area (Å²) < 4.78 is 5.63. The number of hydrogen-bond donors (Lipinski definition) is 1. The van der Waals surface area contributed by atoms with E-state index in [0.29, 0.717) is 13.2 Å². The van der Waals surface area contributed by atoms with Gasteiger partial charge in [-0.1, -0.05) is 42.5 Å². The van der Waals surface area contributed by atoms with Gasteiger partial charge in [-0.05, 0) is 30.2 Å². The van der Waals surface area contributed by atoms with Gasteiger partial charge < -0.3 is 14.7 Å². The van der Waals surface area contributed by atoms with Crippen LogP contribution in [0.2, 0.25) is 0 Å². The average Bonchev–Trinajstić information content (AvgIpc) is 2.60. The van der Waals surface area contributed by atoms with Crippen molar-refractivity contribution in [1.82, 2.24) is 4.90 Å². The number of amides is 1. The van der Waals surface area contributed by atoms with Crippen LogP contribution in [-0.4, -0.2) is 35.0 Å². The molecule has 1 atom stereocenters. The maximum atomic E-state index is 12.4. The highest BCUT2D eigenvalue weighted by Gasteiger charge is 2.18. The van der Waals surface area contributed by atoms with Crippen LogP contribution in [-0.2, 0) is 22.7 Å². The highest BCUT2D eigenvalue weighted by atomic mass is 16.5. The second kappa shape index (κ2) is 8.26. The molecule has 5 nitrogen and oxygen atoms in total. The van der Waals surface area contributed by atoms with Crippen LogP contribution in [0.5, 0.6) is 0 Å². The number of benzene rings is 2. The summed E-state index contributed by atoms with van der Waals surface area (Å²) in [5.41, 5.74) is 2.11. The van der Waals surface area contributed by atoms with Crippen molar-refractivity contribution in [1.29, 1.82) is 0 Å². The van der Waals surface area contributed by atoms with Gasteiger partial charge in [-0.2, -0.15) is 0 Å². The van der Waals surface area contributed by atoms with Crippen molar-refractivity contribution < 1.29 is 19.4 Å². The number of ether oxygens (including phenoxy) is 1. The molecule has 0 fully saturated rings. The van der Waals surface area contributed by atoms with E-state index in [-0.39, 0.29) is 11.5 Å². The summed E-state index contributed by atoms with van der Waals surface area (Å²) in [5, 5.41) is 8.89. The lowest BCUT2D eigenvalue weighted by Crippen LogP contribution is -2.35. The Kier molecular flexibility index (Phi) is 6.09. The Labute approximate surface area is 141 Å². The van der Waals surface area contributed by atoms with E-state index in [1.807, 2.05) is 30.3 Å². The normalized spacial score (nSPS) is 11.8. The van der Waals surface area contributed by atoms with Gasteiger partial charge in [0, 0.05) is 13.6 Å². The molecular weight excluding hydrogens is 306 g/mol. The average molecular weight is 327 g/mol. The summed E-state index contributed by atoms with van der Waals surface area (Å²) in [6, 6.07) is 16.2. The number of carbonyl (C=O) groups excluding carboxylic acids is 1. The third-order valence-electron chi connectivity index (χ3n) is 3.69. The van der Waals surface area contributed by atoms with E-state index in [4.69, 9.17) is 9.84 Å². The highest BCUT2D eigenvalue weighted by molar-refractivity contribution is 5.87. The third kappa shape index (κ3) is 4.93. The van der Waals surface area contributed by atoms with Gasteiger partial charge in [0.25, 0.3) is 5.91 Å². The van der Waals surface area contributed by atoms with Gasteiger partial charge in [0.2, 0.25) is 0 Å². The maximum absolute atomic E-state index is 12.4. The summed E-state index contributed by atoms with van der Waals surface area (Å²) in [6.45, 7) is 2.52. The molecule has 1 unspecified atom stereocenters. The molecule has 2 aromatic rings. The van der Waals surface area contributed by atoms with Gasteiger partial charge in [0.05, 0.1) is 12.2 Å². The predicted molar refractivity (Wildman–Crippen MR) is 90.6 cm³/mol. The Morgan fingerprint density at radius 2 is 1.67 bits per heavy atom. The Bertz CT molecular complexity index is 682. The van der Waals surface area contributed by atoms with Crippen LogP contribution < -0.4 is 0 Å².